The molecule has 2 aromatic rings. The molecule has 1 saturated carbocycles. The van der Waals surface area contributed by atoms with E-state index in [0.717, 1.165) is 15.4 Å². The highest BCUT2D eigenvalue weighted by atomic mass is 79.9. The van der Waals surface area contributed by atoms with Crippen LogP contribution in [0.2, 0.25) is 0 Å². The Labute approximate surface area is 108 Å². The van der Waals surface area contributed by atoms with Gasteiger partial charge < -0.3 is 9.55 Å². The van der Waals surface area contributed by atoms with Gasteiger partial charge >= 0.3 is 0 Å². The first kappa shape index (κ1) is 11.1. The Morgan fingerprint density at radius 1 is 1.47 bits per heavy atom. The third-order valence-corrected chi connectivity index (χ3v) is 4.48. The molecular weight excluding hydrogens is 280 g/mol. The minimum absolute atomic E-state index is 0.0150. The number of halogens is 1. The zero-order valence-corrected chi connectivity index (χ0v) is 11.3. The number of hydrogen-bond donors (Lipinski definition) is 1. The van der Waals surface area contributed by atoms with Gasteiger partial charge in [-0.25, -0.2) is 0 Å². The molecule has 17 heavy (non-hydrogen) atoms. The highest BCUT2D eigenvalue weighted by Gasteiger charge is 2.26. The first-order chi connectivity index (χ1) is 8.18. The zero-order valence-electron chi connectivity index (χ0n) is 9.74. The minimum Gasteiger partial charge on any atom is -0.343 e. The number of aromatic amines is 1. The van der Waals surface area contributed by atoms with Crippen LogP contribution in [0.15, 0.2) is 27.7 Å². The van der Waals surface area contributed by atoms with Gasteiger partial charge in [-0.2, -0.15) is 0 Å². The molecular formula is C13H15BrN2O. The Morgan fingerprint density at radius 2 is 2.29 bits per heavy atom. The van der Waals surface area contributed by atoms with E-state index in [-0.39, 0.29) is 5.56 Å². The number of nitrogens with zero attached hydrogens (tertiary/aromatic N) is 1. The number of nitrogens with one attached hydrogen (secondary N) is 1. The smallest absolute Gasteiger partial charge is 0.258 e. The standard InChI is InChI=1S/C13H15BrN2O/c1-8-3-2-4-10(8)16-7-9(14)12-11(16)5-6-15-13(12)17/h5-8,10H,2-4H2,1H3,(H,15,17)/t8-,10+/m1/s1. The van der Waals surface area contributed by atoms with Crippen LogP contribution in [0.1, 0.15) is 32.2 Å². The molecule has 0 aromatic carbocycles. The van der Waals surface area contributed by atoms with Crippen LogP contribution in [-0.2, 0) is 0 Å². The summed E-state index contributed by atoms with van der Waals surface area (Å²) in [4.78, 5) is 14.5. The molecule has 1 N–H and O–H groups in total. The summed E-state index contributed by atoms with van der Waals surface area (Å²) in [5, 5.41) is 0.770. The average molecular weight is 295 g/mol. The lowest BCUT2D eigenvalue weighted by Gasteiger charge is -2.18. The van der Waals surface area contributed by atoms with Crippen molar-refractivity contribution in [2.45, 2.75) is 32.2 Å². The summed E-state index contributed by atoms with van der Waals surface area (Å²) in [7, 11) is 0. The van der Waals surface area contributed by atoms with Gasteiger partial charge in [-0.15, -0.1) is 0 Å². The number of aromatic nitrogens is 2. The summed E-state index contributed by atoms with van der Waals surface area (Å²) in [5.74, 6) is 0.691. The van der Waals surface area contributed by atoms with Gasteiger partial charge in [0.05, 0.1) is 10.9 Å². The summed E-state index contributed by atoms with van der Waals surface area (Å²) in [6, 6.07) is 2.53. The van der Waals surface area contributed by atoms with Crippen molar-refractivity contribution < 1.29 is 0 Å². The Balaban J connectivity index is 2.24. The van der Waals surface area contributed by atoms with Crippen LogP contribution in [0.5, 0.6) is 0 Å². The van der Waals surface area contributed by atoms with Gasteiger partial charge in [-0.3, -0.25) is 4.79 Å². The van der Waals surface area contributed by atoms with E-state index in [9.17, 15) is 4.79 Å². The van der Waals surface area contributed by atoms with Gasteiger partial charge in [0.1, 0.15) is 0 Å². The maximum absolute atomic E-state index is 11.8. The molecule has 0 spiro atoms. The highest BCUT2D eigenvalue weighted by molar-refractivity contribution is 9.10. The van der Waals surface area contributed by atoms with Gasteiger partial charge in [0.25, 0.3) is 5.56 Å². The largest absolute Gasteiger partial charge is 0.343 e. The number of fused-ring (bicyclic) bond motifs is 1. The molecule has 0 aliphatic heterocycles. The lowest BCUT2D eigenvalue weighted by atomic mass is 10.1. The van der Waals surface area contributed by atoms with E-state index in [0.29, 0.717) is 12.0 Å². The quantitative estimate of drug-likeness (QED) is 0.859. The minimum atomic E-state index is -0.0150. The average Bonchev–Trinajstić information content (AvgIpc) is 2.84. The molecule has 2 atom stereocenters. The second kappa shape index (κ2) is 4.02. The summed E-state index contributed by atoms with van der Waals surface area (Å²) in [6.45, 7) is 2.30. The maximum Gasteiger partial charge on any atom is 0.258 e. The van der Waals surface area contributed by atoms with E-state index >= 15 is 0 Å². The molecule has 0 bridgehead atoms. The van der Waals surface area contributed by atoms with E-state index in [4.69, 9.17) is 0 Å². The molecule has 90 valence electrons. The van der Waals surface area contributed by atoms with Crippen molar-refractivity contribution in [1.82, 2.24) is 9.55 Å². The topological polar surface area (TPSA) is 37.8 Å². The van der Waals surface area contributed by atoms with Crippen molar-refractivity contribution in [3.8, 4) is 0 Å². The molecule has 4 heteroatoms. The van der Waals surface area contributed by atoms with Gasteiger partial charge in [0, 0.05) is 22.9 Å². The normalized spacial score (nSPS) is 24.6. The van der Waals surface area contributed by atoms with Crippen LogP contribution in [0.4, 0.5) is 0 Å². The summed E-state index contributed by atoms with van der Waals surface area (Å²) in [5.41, 5.74) is 1.03. The molecule has 1 aliphatic carbocycles. The van der Waals surface area contributed by atoms with Gasteiger partial charge in [-0.1, -0.05) is 13.3 Å². The zero-order chi connectivity index (χ0) is 12.0. The lowest BCUT2D eigenvalue weighted by molar-refractivity contribution is 0.418. The van der Waals surface area contributed by atoms with Gasteiger partial charge in [0.2, 0.25) is 0 Å². The van der Waals surface area contributed by atoms with Crippen LogP contribution < -0.4 is 5.56 Å². The Morgan fingerprint density at radius 3 is 3.00 bits per heavy atom. The van der Waals surface area contributed by atoms with Gasteiger partial charge in [0.15, 0.2) is 0 Å². The van der Waals surface area contributed by atoms with Crippen LogP contribution in [0, 0.1) is 5.92 Å². The number of H-pyrrole nitrogens is 1. The molecule has 1 aliphatic rings. The van der Waals surface area contributed by atoms with E-state index in [1.807, 2.05) is 6.07 Å². The van der Waals surface area contributed by atoms with Crippen molar-refractivity contribution in [3.63, 3.8) is 0 Å². The highest BCUT2D eigenvalue weighted by Crippen LogP contribution is 2.38. The van der Waals surface area contributed by atoms with Crippen molar-refractivity contribution in [1.29, 1.82) is 0 Å². The molecule has 0 saturated heterocycles. The molecule has 3 rings (SSSR count). The fraction of sp³-hybridized carbons (Fsp3) is 0.462. The molecule has 2 aromatic heterocycles. The maximum atomic E-state index is 11.8. The van der Waals surface area contributed by atoms with Gasteiger partial charge in [-0.05, 0) is 40.8 Å². The first-order valence-corrected chi connectivity index (χ1v) is 6.85. The summed E-state index contributed by atoms with van der Waals surface area (Å²) < 4.78 is 3.17. The Hall–Kier alpha value is -1.03. The van der Waals surface area contributed by atoms with Crippen LogP contribution >= 0.6 is 15.9 Å². The fourth-order valence-corrected chi connectivity index (χ4v) is 3.59. The molecule has 3 nitrogen and oxygen atoms in total. The van der Waals surface area contributed by atoms with Crippen LogP contribution in [0.3, 0.4) is 0 Å². The third kappa shape index (κ3) is 1.66. The number of rotatable bonds is 1. The summed E-state index contributed by atoms with van der Waals surface area (Å²) in [6.07, 6.45) is 7.57. The van der Waals surface area contributed by atoms with E-state index < -0.39 is 0 Å². The summed E-state index contributed by atoms with van der Waals surface area (Å²) >= 11 is 3.49. The number of pyridine rings is 1. The van der Waals surface area contributed by atoms with Crippen molar-refractivity contribution >= 4 is 26.8 Å². The lowest BCUT2D eigenvalue weighted by Crippen LogP contribution is -2.11. The molecule has 0 amide bonds. The predicted octanol–water partition coefficient (Wildman–Crippen LogP) is 3.45. The first-order valence-electron chi connectivity index (χ1n) is 6.06. The monoisotopic (exact) mass is 294 g/mol. The number of hydrogen-bond acceptors (Lipinski definition) is 1. The van der Waals surface area contributed by atoms with E-state index in [1.54, 1.807) is 6.20 Å². The predicted molar refractivity (Wildman–Crippen MR) is 72.3 cm³/mol. The van der Waals surface area contributed by atoms with E-state index in [2.05, 4.69) is 38.6 Å². The molecule has 0 unspecified atom stereocenters. The third-order valence-electron chi connectivity index (χ3n) is 3.88. The fourth-order valence-electron chi connectivity index (χ4n) is 2.98. The SMILES string of the molecule is C[C@@H]1CCC[C@@H]1n1cc(Br)c2c(=O)[nH]ccc21. The van der Waals surface area contributed by atoms with E-state index in [1.165, 1.54) is 19.3 Å². The van der Waals surface area contributed by atoms with Crippen molar-refractivity contribution in [2.24, 2.45) is 5.92 Å². The van der Waals surface area contributed by atoms with Crippen LogP contribution in [-0.4, -0.2) is 9.55 Å². The van der Waals surface area contributed by atoms with Crippen molar-refractivity contribution in [2.75, 3.05) is 0 Å². The second-order valence-corrected chi connectivity index (χ2v) is 5.78. The molecule has 1 fully saturated rings. The van der Waals surface area contributed by atoms with Crippen molar-refractivity contribution in [3.05, 3.63) is 33.3 Å². The second-order valence-electron chi connectivity index (χ2n) is 4.93. The Kier molecular flexibility index (Phi) is 2.62. The molecule has 0 radical (unpaired) electrons. The Bertz CT molecular complexity index is 613. The molecule has 2 heterocycles. The van der Waals surface area contributed by atoms with Crippen LogP contribution in [0.25, 0.3) is 10.9 Å².